The maximum Gasteiger partial charge on any atom is 0.255 e. The van der Waals surface area contributed by atoms with Gasteiger partial charge in [-0.15, -0.1) is 0 Å². The third kappa shape index (κ3) is 2.73. The van der Waals surface area contributed by atoms with Crippen LogP contribution in [0.1, 0.15) is 16.8 Å². The van der Waals surface area contributed by atoms with E-state index in [4.69, 9.17) is 23.2 Å². The molecule has 0 unspecified atom stereocenters. The zero-order valence-corrected chi connectivity index (χ0v) is 11.1. The number of likely N-dealkylation sites (N-methyl/N-ethyl adjacent to an activating group) is 1. The summed E-state index contributed by atoms with van der Waals surface area (Å²) in [6.07, 6.45) is 0.980. The third-order valence-corrected chi connectivity index (χ3v) is 3.61. The van der Waals surface area contributed by atoms with Crippen LogP contribution in [0.25, 0.3) is 0 Å². The Bertz CT molecular complexity index is 431. The maximum atomic E-state index is 12.2. The number of hydrogen-bond acceptors (Lipinski definition) is 2. The fraction of sp³-hybridized carbons (Fsp3) is 0.417. The Labute approximate surface area is 111 Å². The molecule has 0 bridgehead atoms. The molecular formula is C12H14Cl2N2O. The predicted molar refractivity (Wildman–Crippen MR) is 69.8 cm³/mol. The molecule has 1 N–H and O–H groups in total. The minimum atomic E-state index is -0.0552. The van der Waals surface area contributed by atoms with Crippen LogP contribution in [-0.2, 0) is 0 Å². The van der Waals surface area contributed by atoms with E-state index in [-0.39, 0.29) is 11.9 Å². The van der Waals surface area contributed by atoms with Gasteiger partial charge in [0, 0.05) is 24.7 Å². The second-order valence-corrected chi connectivity index (χ2v) is 5.03. The summed E-state index contributed by atoms with van der Waals surface area (Å²) in [7, 11) is 1.81. The molecule has 2 rings (SSSR count). The van der Waals surface area contributed by atoms with E-state index in [1.54, 1.807) is 23.1 Å². The quantitative estimate of drug-likeness (QED) is 0.897. The Kier molecular flexibility index (Phi) is 3.92. The van der Waals surface area contributed by atoms with Gasteiger partial charge in [-0.25, -0.2) is 0 Å². The van der Waals surface area contributed by atoms with Crippen LogP contribution >= 0.6 is 23.2 Å². The average molecular weight is 273 g/mol. The van der Waals surface area contributed by atoms with Crippen LogP contribution in [0.3, 0.4) is 0 Å². The van der Waals surface area contributed by atoms with E-state index in [0.717, 1.165) is 19.5 Å². The van der Waals surface area contributed by atoms with Gasteiger partial charge in [0.25, 0.3) is 5.91 Å². The van der Waals surface area contributed by atoms with Gasteiger partial charge in [0.2, 0.25) is 0 Å². The second kappa shape index (κ2) is 5.25. The molecule has 5 heteroatoms. The van der Waals surface area contributed by atoms with Crippen LogP contribution in [-0.4, -0.2) is 37.0 Å². The summed E-state index contributed by atoms with van der Waals surface area (Å²) in [6, 6.07) is 5.19. The van der Waals surface area contributed by atoms with Gasteiger partial charge < -0.3 is 10.2 Å². The molecule has 1 amide bonds. The molecule has 1 aromatic rings. The van der Waals surface area contributed by atoms with Gasteiger partial charge >= 0.3 is 0 Å². The second-order valence-electron chi connectivity index (χ2n) is 4.19. The first-order valence-corrected chi connectivity index (χ1v) is 6.28. The number of carbonyl (C=O) groups excluding carboxylic acids is 1. The molecule has 1 atom stereocenters. The zero-order chi connectivity index (χ0) is 12.4. The van der Waals surface area contributed by atoms with Gasteiger partial charge in [0.1, 0.15) is 0 Å². The molecule has 92 valence electrons. The minimum absolute atomic E-state index is 0.0552. The Morgan fingerprint density at radius 2 is 2.24 bits per heavy atom. The smallest absolute Gasteiger partial charge is 0.255 e. The first-order valence-electron chi connectivity index (χ1n) is 5.52. The summed E-state index contributed by atoms with van der Waals surface area (Å²) in [5.41, 5.74) is 0.505. The highest BCUT2D eigenvalue weighted by atomic mass is 35.5. The summed E-state index contributed by atoms with van der Waals surface area (Å²) in [6.45, 7) is 1.80. The summed E-state index contributed by atoms with van der Waals surface area (Å²) in [5.74, 6) is -0.0552. The summed E-state index contributed by atoms with van der Waals surface area (Å²) >= 11 is 11.8. The van der Waals surface area contributed by atoms with Crippen molar-refractivity contribution >= 4 is 29.1 Å². The lowest BCUT2D eigenvalue weighted by Crippen LogP contribution is -2.38. The zero-order valence-electron chi connectivity index (χ0n) is 9.54. The summed E-state index contributed by atoms with van der Waals surface area (Å²) in [5, 5.41) is 4.18. The molecule has 0 spiro atoms. The largest absolute Gasteiger partial charge is 0.337 e. The Morgan fingerprint density at radius 3 is 2.82 bits per heavy atom. The highest BCUT2D eigenvalue weighted by Crippen LogP contribution is 2.23. The van der Waals surface area contributed by atoms with Crippen LogP contribution in [0, 0.1) is 0 Å². The number of halogens is 2. The Balaban J connectivity index is 2.18. The van der Waals surface area contributed by atoms with Crippen LogP contribution in [0.2, 0.25) is 10.0 Å². The third-order valence-electron chi connectivity index (χ3n) is 3.06. The fourth-order valence-electron chi connectivity index (χ4n) is 1.99. The van der Waals surface area contributed by atoms with Gasteiger partial charge in [-0.1, -0.05) is 23.2 Å². The number of benzene rings is 1. The topological polar surface area (TPSA) is 32.3 Å². The van der Waals surface area contributed by atoms with E-state index in [1.165, 1.54) is 0 Å². The van der Waals surface area contributed by atoms with Crippen molar-refractivity contribution in [2.75, 3.05) is 20.1 Å². The molecular weight excluding hydrogens is 259 g/mol. The maximum absolute atomic E-state index is 12.2. The van der Waals surface area contributed by atoms with Crippen LogP contribution in [0.5, 0.6) is 0 Å². The van der Waals surface area contributed by atoms with E-state index in [2.05, 4.69) is 5.32 Å². The van der Waals surface area contributed by atoms with Gasteiger partial charge in [-0.05, 0) is 31.2 Å². The van der Waals surface area contributed by atoms with E-state index in [1.807, 2.05) is 7.05 Å². The van der Waals surface area contributed by atoms with Gasteiger partial charge in [-0.2, -0.15) is 0 Å². The van der Waals surface area contributed by atoms with Crippen molar-refractivity contribution in [1.82, 2.24) is 10.2 Å². The number of hydrogen-bond donors (Lipinski definition) is 1. The molecule has 1 aliphatic heterocycles. The number of nitrogens with one attached hydrogen (secondary N) is 1. The molecule has 0 radical (unpaired) electrons. The molecule has 1 aromatic carbocycles. The predicted octanol–water partition coefficient (Wildman–Crippen LogP) is 2.43. The normalized spacial score (nSPS) is 19.4. The molecule has 17 heavy (non-hydrogen) atoms. The molecule has 1 aliphatic rings. The Morgan fingerprint density at radius 1 is 1.47 bits per heavy atom. The molecule has 0 saturated carbocycles. The van der Waals surface area contributed by atoms with Crippen LogP contribution in [0.4, 0.5) is 0 Å². The molecule has 1 heterocycles. The summed E-state index contributed by atoms with van der Waals surface area (Å²) < 4.78 is 0. The highest BCUT2D eigenvalue weighted by molar-refractivity contribution is 6.36. The fourth-order valence-corrected chi connectivity index (χ4v) is 2.48. The lowest BCUT2D eigenvalue weighted by molar-refractivity contribution is 0.0744. The molecule has 1 fully saturated rings. The van der Waals surface area contributed by atoms with Crippen molar-refractivity contribution in [3.8, 4) is 0 Å². The van der Waals surface area contributed by atoms with Crippen molar-refractivity contribution in [2.45, 2.75) is 12.5 Å². The van der Waals surface area contributed by atoms with Crippen LogP contribution < -0.4 is 5.32 Å². The SMILES string of the molecule is CN(C(=O)c1ccc(Cl)cc1Cl)[C@@H]1CCNC1. The first kappa shape index (κ1) is 12.7. The van der Waals surface area contributed by atoms with Crippen LogP contribution in [0.15, 0.2) is 18.2 Å². The molecule has 0 aliphatic carbocycles. The molecule has 3 nitrogen and oxygen atoms in total. The van der Waals surface area contributed by atoms with Crippen molar-refractivity contribution in [3.63, 3.8) is 0 Å². The van der Waals surface area contributed by atoms with Crippen molar-refractivity contribution in [2.24, 2.45) is 0 Å². The van der Waals surface area contributed by atoms with E-state index in [9.17, 15) is 4.79 Å². The molecule has 0 aromatic heterocycles. The van der Waals surface area contributed by atoms with E-state index >= 15 is 0 Å². The standard InChI is InChI=1S/C12H14Cl2N2O/c1-16(9-4-5-15-7-9)12(17)10-3-2-8(13)6-11(10)14/h2-3,6,9,15H,4-5,7H2,1H3/t9-/m1/s1. The van der Waals surface area contributed by atoms with Crippen molar-refractivity contribution in [1.29, 1.82) is 0 Å². The lowest BCUT2D eigenvalue weighted by atomic mass is 10.1. The first-order chi connectivity index (χ1) is 8.09. The van der Waals surface area contributed by atoms with E-state index < -0.39 is 0 Å². The van der Waals surface area contributed by atoms with Gasteiger partial charge in [0.05, 0.1) is 10.6 Å². The monoisotopic (exact) mass is 272 g/mol. The lowest BCUT2D eigenvalue weighted by Gasteiger charge is -2.24. The number of carbonyl (C=O) groups is 1. The van der Waals surface area contributed by atoms with E-state index in [0.29, 0.717) is 15.6 Å². The highest BCUT2D eigenvalue weighted by Gasteiger charge is 2.25. The Hall–Kier alpha value is -0.770. The number of amides is 1. The molecule has 1 saturated heterocycles. The average Bonchev–Trinajstić information content (AvgIpc) is 2.80. The number of nitrogens with zero attached hydrogens (tertiary/aromatic N) is 1. The van der Waals surface area contributed by atoms with Gasteiger partial charge in [-0.3, -0.25) is 4.79 Å². The number of rotatable bonds is 2. The summed E-state index contributed by atoms with van der Waals surface area (Å²) in [4.78, 5) is 14.0. The van der Waals surface area contributed by atoms with Crippen molar-refractivity contribution < 1.29 is 4.79 Å². The van der Waals surface area contributed by atoms with Crippen molar-refractivity contribution in [3.05, 3.63) is 33.8 Å². The minimum Gasteiger partial charge on any atom is -0.337 e. The van der Waals surface area contributed by atoms with Gasteiger partial charge in [0.15, 0.2) is 0 Å².